The van der Waals surface area contributed by atoms with Crippen molar-refractivity contribution in [3.63, 3.8) is 0 Å². The SMILES string of the molecule is O=C(/C=C\c1c(F)cccc1F)Nc1ccn(Cc2ccccn2)n1. The first-order valence-electron chi connectivity index (χ1n) is 7.48. The molecule has 1 aromatic carbocycles. The fourth-order valence-electron chi connectivity index (χ4n) is 2.17. The van der Waals surface area contributed by atoms with E-state index in [2.05, 4.69) is 15.4 Å². The van der Waals surface area contributed by atoms with Gasteiger partial charge in [0.1, 0.15) is 11.6 Å². The molecular weight excluding hydrogens is 326 g/mol. The molecule has 0 spiro atoms. The van der Waals surface area contributed by atoms with Gasteiger partial charge in [0, 0.05) is 30.1 Å². The molecule has 7 heteroatoms. The van der Waals surface area contributed by atoms with Crippen molar-refractivity contribution in [1.82, 2.24) is 14.8 Å². The van der Waals surface area contributed by atoms with Crippen LogP contribution in [0.2, 0.25) is 0 Å². The van der Waals surface area contributed by atoms with Crippen molar-refractivity contribution in [2.24, 2.45) is 0 Å². The average Bonchev–Trinajstić information content (AvgIpc) is 3.02. The molecule has 1 amide bonds. The third kappa shape index (κ3) is 4.35. The standard InChI is InChI=1S/C18H14F2N4O/c19-15-5-3-6-16(20)14(15)7-8-18(25)22-17-9-11-24(23-17)12-13-4-1-2-10-21-13/h1-11H,12H2,(H,22,23,25)/b8-7-. The topological polar surface area (TPSA) is 59.8 Å². The van der Waals surface area contributed by atoms with Gasteiger partial charge in [0.25, 0.3) is 0 Å². The largest absolute Gasteiger partial charge is 0.306 e. The lowest BCUT2D eigenvalue weighted by Gasteiger charge is -2.01. The molecule has 0 saturated heterocycles. The van der Waals surface area contributed by atoms with Gasteiger partial charge in [-0.15, -0.1) is 0 Å². The van der Waals surface area contributed by atoms with Gasteiger partial charge in [-0.05, 0) is 30.3 Å². The van der Waals surface area contributed by atoms with E-state index in [1.165, 1.54) is 6.07 Å². The number of nitrogens with one attached hydrogen (secondary N) is 1. The van der Waals surface area contributed by atoms with E-state index in [-0.39, 0.29) is 5.56 Å². The lowest BCUT2D eigenvalue weighted by molar-refractivity contribution is -0.111. The lowest BCUT2D eigenvalue weighted by Crippen LogP contribution is -2.09. The molecule has 25 heavy (non-hydrogen) atoms. The van der Waals surface area contributed by atoms with Crippen molar-refractivity contribution in [3.05, 3.63) is 83.8 Å². The van der Waals surface area contributed by atoms with Crippen LogP contribution in [0.3, 0.4) is 0 Å². The van der Waals surface area contributed by atoms with Gasteiger partial charge in [0.2, 0.25) is 5.91 Å². The smallest absolute Gasteiger partial charge is 0.249 e. The van der Waals surface area contributed by atoms with Gasteiger partial charge in [-0.25, -0.2) is 8.78 Å². The molecule has 2 heterocycles. The summed E-state index contributed by atoms with van der Waals surface area (Å²) in [6.07, 6.45) is 5.53. The van der Waals surface area contributed by atoms with Crippen LogP contribution in [-0.2, 0) is 11.3 Å². The Morgan fingerprint density at radius 3 is 2.64 bits per heavy atom. The molecule has 0 aliphatic heterocycles. The summed E-state index contributed by atoms with van der Waals surface area (Å²) in [4.78, 5) is 16.1. The monoisotopic (exact) mass is 340 g/mol. The lowest BCUT2D eigenvalue weighted by atomic mass is 10.2. The molecule has 0 unspecified atom stereocenters. The van der Waals surface area contributed by atoms with Gasteiger partial charge >= 0.3 is 0 Å². The number of hydrogen-bond donors (Lipinski definition) is 1. The second-order valence-corrected chi connectivity index (χ2v) is 5.18. The predicted molar refractivity (Wildman–Crippen MR) is 89.6 cm³/mol. The number of aromatic nitrogens is 3. The maximum atomic E-state index is 13.5. The molecule has 1 N–H and O–H groups in total. The van der Waals surface area contributed by atoms with Crippen molar-refractivity contribution in [2.75, 3.05) is 5.32 Å². The molecule has 0 saturated carbocycles. The summed E-state index contributed by atoms with van der Waals surface area (Å²) < 4.78 is 28.6. The maximum Gasteiger partial charge on any atom is 0.249 e. The molecule has 2 aromatic heterocycles. The third-order valence-corrected chi connectivity index (χ3v) is 3.34. The molecule has 0 aliphatic carbocycles. The van der Waals surface area contributed by atoms with Crippen molar-refractivity contribution >= 4 is 17.8 Å². The highest BCUT2D eigenvalue weighted by atomic mass is 19.1. The van der Waals surface area contributed by atoms with Gasteiger partial charge in [0.15, 0.2) is 5.82 Å². The van der Waals surface area contributed by atoms with Crippen LogP contribution in [0.25, 0.3) is 6.08 Å². The number of anilines is 1. The van der Waals surface area contributed by atoms with Crippen molar-refractivity contribution in [2.45, 2.75) is 6.54 Å². The number of carbonyl (C=O) groups excluding carboxylic acids is 1. The van der Waals surface area contributed by atoms with Gasteiger partial charge < -0.3 is 5.32 Å². The van der Waals surface area contributed by atoms with Crippen LogP contribution in [0.15, 0.2) is 60.9 Å². The summed E-state index contributed by atoms with van der Waals surface area (Å²) in [5.74, 6) is -1.67. The van der Waals surface area contributed by atoms with Crippen molar-refractivity contribution < 1.29 is 13.6 Å². The molecule has 0 aliphatic rings. The number of pyridine rings is 1. The number of benzene rings is 1. The Hall–Kier alpha value is -3.35. The Morgan fingerprint density at radius 2 is 1.92 bits per heavy atom. The Morgan fingerprint density at radius 1 is 1.12 bits per heavy atom. The Kier molecular flexibility index (Phi) is 4.94. The van der Waals surface area contributed by atoms with Crippen LogP contribution in [0, 0.1) is 11.6 Å². The zero-order valence-corrected chi connectivity index (χ0v) is 13.1. The number of halogens is 2. The average molecular weight is 340 g/mol. The van der Waals surface area contributed by atoms with E-state index >= 15 is 0 Å². The van der Waals surface area contributed by atoms with Crippen molar-refractivity contribution in [1.29, 1.82) is 0 Å². The normalized spacial score (nSPS) is 11.0. The number of carbonyl (C=O) groups is 1. The molecule has 126 valence electrons. The Labute approximate surface area is 142 Å². The van der Waals surface area contributed by atoms with E-state index in [0.29, 0.717) is 12.4 Å². The fourth-order valence-corrected chi connectivity index (χ4v) is 2.17. The molecule has 0 atom stereocenters. The minimum Gasteiger partial charge on any atom is -0.306 e. The summed E-state index contributed by atoms with van der Waals surface area (Å²) >= 11 is 0. The highest BCUT2D eigenvalue weighted by molar-refractivity contribution is 6.01. The Bertz CT molecular complexity index is 886. The first-order chi connectivity index (χ1) is 12.1. The zero-order valence-electron chi connectivity index (χ0n) is 13.1. The van der Waals surface area contributed by atoms with Crippen LogP contribution in [0.4, 0.5) is 14.6 Å². The minimum atomic E-state index is -0.733. The maximum absolute atomic E-state index is 13.5. The van der Waals surface area contributed by atoms with Crippen LogP contribution in [0.1, 0.15) is 11.3 Å². The third-order valence-electron chi connectivity index (χ3n) is 3.34. The summed E-state index contributed by atoms with van der Waals surface area (Å²) in [7, 11) is 0. The van der Waals surface area contributed by atoms with Gasteiger partial charge in [-0.1, -0.05) is 12.1 Å². The highest BCUT2D eigenvalue weighted by Gasteiger charge is 2.07. The van der Waals surface area contributed by atoms with E-state index in [1.54, 1.807) is 23.1 Å². The van der Waals surface area contributed by atoms with Crippen LogP contribution in [0.5, 0.6) is 0 Å². The Balaban J connectivity index is 1.63. The molecule has 5 nitrogen and oxygen atoms in total. The quantitative estimate of drug-likeness (QED) is 0.725. The zero-order chi connectivity index (χ0) is 17.6. The van der Waals surface area contributed by atoms with E-state index in [0.717, 1.165) is 30.0 Å². The fraction of sp³-hybridized carbons (Fsp3) is 0.0556. The molecule has 3 aromatic rings. The van der Waals surface area contributed by atoms with Gasteiger partial charge in [-0.2, -0.15) is 5.10 Å². The van der Waals surface area contributed by atoms with E-state index in [1.807, 2.05) is 18.2 Å². The van der Waals surface area contributed by atoms with Crippen LogP contribution >= 0.6 is 0 Å². The molecule has 3 rings (SSSR count). The highest BCUT2D eigenvalue weighted by Crippen LogP contribution is 2.14. The van der Waals surface area contributed by atoms with Gasteiger partial charge in [-0.3, -0.25) is 14.5 Å². The number of hydrogen-bond acceptors (Lipinski definition) is 3. The number of nitrogens with zero attached hydrogens (tertiary/aromatic N) is 3. The van der Waals surface area contributed by atoms with Crippen LogP contribution in [-0.4, -0.2) is 20.7 Å². The minimum absolute atomic E-state index is 0.265. The van der Waals surface area contributed by atoms with E-state index < -0.39 is 17.5 Å². The molecule has 0 bridgehead atoms. The first kappa shape index (κ1) is 16.5. The second kappa shape index (κ2) is 7.48. The summed E-state index contributed by atoms with van der Waals surface area (Å²) in [6.45, 7) is 0.465. The van der Waals surface area contributed by atoms with E-state index in [9.17, 15) is 13.6 Å². The second-order valence-electron chi connectivity index (χ2n) is 5.18. The summed E-state index contributed by atoms with van der Waals surface area (Å²) in [5.41, 5.74) is 0.566. The molecule has 0 fully saturated rings. The van der Waals surface area contributed by atoms with E-state index in [4.69, 9.17) is 0 Å². The van der Waals surface area contributed by atoms with Crippen LogP contribution < -0.4 is 5.32 Å². The molecule has 0 radical (unpaired) electrons. The van der Waals surface area contributed by atoms with Gasteiger partial charge in [0.05, 0.1) is 12.2 Å². The number of amides is 1. The molecular formula is C18H14F2N4O. The first-order valence-corrected chi connectivity index (χ1v) is 7.48. The summed E-state index contributed by atoms with van der Waals surface area (Å²) in [6, 6.07) is 10.7. The number of rotatable bonds is 5. The predicted octanol–water partition coefficient (Wildman–Crippen LogP) is 3.26. The van der Waals surface area contributed by atoms with Crippen molar-refractivity contribution in [3.8, 4) is 0 Å². The summed E-state index contributed by atoms with van der Waals surface area (Å²) in [5, 5.41) is 6.73.